The Bertz CT molecular complexity index is 1830. The Morgan fingerprint density at radius 2 is 1.74 bits per heavy atom. The number of amides is 1. The van der Waals surface area contributed by atoms with Crippen molar-refractivity contribution in [2.45, 2.75) is 39.2 Å². The molecule has 270 valence electrons. The van der Waals surface area contributed by atoms with Gasteiger partial charge in [-0.3, -0.25) is 14.0 Å². The van der Waals surface area contributed by atoms with Gasteiger partial charge in [0.2, 0.25) is 5.95 Å². The van der Waals surface area contributed by atoms with Gasteiger partial charge in [-0.2, -0.15) is 23.3 Å². The average Bonchev–Trinajstić information content (AvgIpc) is 3.55. The van der Waals surface area contributed by atoms with Crippen molar-refractivity contribution in [3.05, 3.63) is 65.6 Å². The highest BCUT2D eigenvalue weighted by molar-refractivity contribution is 7.53. The van der Waals surface area contributed by atoms with E-state index in [1.807, 2.05) is 0 Å². The molecule has 0 spiro atoms. The summed E-state index contributed by atoms with van der Waals surface area (Å²) in [5.41, 5.74) is 0.630. The van der Waals surface area contributed by atoms with Crippen LogP contribution < -0.4 is 25.4 Å². The molecule has 18 heteroatoms. The highest BCUT2D eigenvalue weighted by atomic mass is 31.2. The molecule has 4 aromatic rings. The molecule has 0 radical (unpaired) electrons. The molecule has 1 amide bonds. The van der Waals surface area contributed by atoms with E-state index in [-0.39, 0.29) is 54.7 Å². The number of nitrogens with zero attached hydrogens (tertiary/aromatic N) is 4. The van der Waals surface area contributed by atoms with Crippen LogP contribution in [0.25, 0.3) is 11.1 Å². The first-order valence-corrected chi connectivity index (χ1v) is 17.2. The predicted octanol–water partition coefficient (Wildman–Crippen LogP) is 6.37. The first kappa shape index (κ1) is 38.1. The number of carbonyl (C=O) groups is 1. The Morgan fingerprint density at radius 1 is 1.02 bits per heavy atom. The lowest BCUT2D eigenvalue weighted by atomic mass is 10.0. The highest BCUT2D eigenvalue weighted by Crippen LogP contribution is 2.52. The maximum atomic E-state index is 14.2. The van der Waals surface area contributed by atoms with Crippen LogP contribution in [0, 0.1) is 0 Å². The van der Waals surface area contributed by atoms with Crippen LogP contribution in [0.15, 0.2) is 48.9 Å². The van der Waals surface area contributed by atoms with Gasteiger partial charge >= 0.3 is 13.8 Å². The predicted molar refractivity (Wildman–Crippen MR) is 180 cm³/mol. The smallest absolute Gasteiger partial charge is 0.421 e. The summed E-state index contributed by atoms with van der Waals surface area (Å²) in [7, 11) is 0.689. The quantitative estimate of drug-likeness (QED) is 0.0890. The van der Waals surface area contributed by atoms with Crippen molar-refractivity contribution in [2.75, 3.05) is 51.7 Å². The number of ether oxygens (including phenoxy) is 2. The summed E-state index contributed by atoms with van der Waals surface area (Å²) in [6, 6.07) is 7.82. The Kier molecular flexibility index (Phi) is 12.8. The molecule has 2 aromatic heterocycles. The molecule has 0 atom stereocenters. The van der Waals surface area contributed by atoms with Crippen LogP contribution >= 0.6 is 7.60 Å². The van der Waals surface area contributed by atoms with E-state index in [2.05, 4.69) is 31.0 Å². The zero-order valence-electron chi connectivity index (χ0n) is 28.1. The number of aliphatic hydroxyl groups is 1. The molecule has 0 aliphatic carbocycles. The van der Waals surface area contributed by atoms with Gasteiger partial charge in [0.1, 0.15) is 28.4 Å². The van der Waals surface area contributed by atoms with E-state index in [0.29, 0.717) is 41.5 Å². The second kappa shape index (κ2) is 16.8. The minimum atomic E-state index is -4.87. The van der Waals surface area contributed by atoms with Gasteiger partial charge in [-0.05, 0) is 50.1 Å². The standard InChI is InChI=1S/C32H39F3N7O7P/c1-6-48-50(45,49-7-2)19-20-9-11-24(26(15-20)46-4)40-31-37-17-23(32(33,34)35)29(41-31)39-25-12-10-22(28(47-5)27(25)30(44)36-3)21-16-38-42(18-21)13-8-14-43/h9-12,15-18,43H,6-8,13-14,19H2,1-5H3,(H,36,44)(H2,37,39,40,41). The van der Waals surface area contributed by atoms with Gasteiger partial charge in [-0.1, -0.05) is 6.07 Å². The third-order valence-corrected chi connectivity index (χ3v) is 9.25. The van der Waals surface area contributed by atoms with Gasteiger partial charge in [0.25, 0.3) is 5.91 Å². The summed E-state index contributed by atoms with van der Waals surface area (Å²) in [4.78, 5) is 21.2. The number of alkyl halides is 3. The Balaban J connectivity index is 1.73. The molecule has 0 aliphatic rings. The number of aliphatic hydroxyl groups excluding tert-OH is 1. The van der Waals surface area contributed by atoms with Gasteiger partial charge in [-0.15, -0.1) is 0 Å². The van der Waals surface area contributed by atoms with Gasteiger partial charge < -0.3 is 39.6 Å². The second-order valence-corrected chi connectivity index (χ2v) is 12.6. The number of aryl methyl sites for hydroxylation is 1. The lowest BCUT2D eigenvalue weighted by molar-refractivity contribution is -0.137. The first-order chi connectivity index (χ1) is 23.9. The molecule has 2 heterocycles. The van der Waals surface area contributed by atoms with Crippen molar-refractivity contribution >= 4 is 36.6 Å². The number of carbonyl (C=O) groups excluding carboxylic acids is 1. The fourth-order valence-electron chi connectivity index (χ4n) is 5.01. The van der Waals surface area contributed by atoms with Crippen LogP contribution in [0.4, 0.5) is 36.3 Å². The van der Waals surface area contributed by atoms with E-state index >= 15 is 0 Å². The number of halogens is 3. The number of hydrogen-bond donors (Lipinski definition) is 4. The molecule has 0 unspecified atom stereocenters. The molecule has 0 aliphatic heterocycles. The van der Waals surface area contributed by atoms with E-state index in [9.17, 15) is 22.5 Å². The molecule has 14 nitrogen and oxygen atoms in total. The minimum Gasteiger partial charge on any atom is -0.495 e. The third kappa shape index (κ3) is 9.09. The van der Waals surface area contributed by atoms with Crippen LogP contribution in [0.5, 0.6) is 11.5 Å². The topological polar surface area (TPSA) is 171 Å². The van der Waals surface area contributed by atoms with Crippen molar-refractivity contribution in [3.63, 3.8) is 0 Å². The van der Waals surface area contributed by atoms with Crippen LogP contribution in [-0.4, -0.2) is 71.9 Å². The number of methoxy groups -OCH3 is 2. The van der Waals surface area contributed by atoms with Gasteiger partial charge in [0.15, 0.2) is 0 Å². The highest BCUT2D eigenvalue weighted by Gasteiger charge is 2.36. The normalized spacial score (nSPS) is 11.7. The minimum absolute atomic E-state index is 0.0201. The molecular formula is C32H39F3N7O7P. The molecule has 0 fully saturated rings. The number of hydrogen-bond acceptors (Lipinski definition) is 12. The number of rotatable bonds is 17. The summed E-state index contributed by atoms with van der Waals surface area (Å²) in [6.07, 6.45) is -0.544. The first-order valence-electron chi connectivity index (χ1n) is 15.5. The van der Waals surface area contributed by atoms with Gasteiger partial charge in [0, 0.05) is 43.7 Å². The molecule has 2 aromatic carbocycles. The molecule has 0 bridgehead atoms. The van der Waals surface area contributed by atoms with Gasteiger partial charge in [-0.25, -0.2) is 4.98 Å². The lowest BCUT2D eigenvalue weighted by Crippen LogP contribution is -2.21. The summed E-state index contributed by atoms with van der Waals surface area (Å²) >= 11 is 0. The molecule has 0 saturated carbocycles. The van der Waals surface area contributed by atoms with Crippen LogP contribution in [0.3, 0.4) is 0 Å². The van der Waals surface area contributed by atoms with E-state index in [0.717, 1.165) is 0 Å². The van der Waals surface area contributed by atoms with Crippen molar-refractivity contribution in [1.29, 1.82) is 0 Å². The van der Waals surface area contributed by atoms with Crippen molar-refractivity contribution < 1.29 is 46.2 Å². The van der Waals surface area contributed by atoms with E-state index in [1.54, 1.807) is 55.2 Å². The van der Waals surface area contributed by atoms with Crippen molar-refractivity contribution in [3.8, 4) is 22.6 Å². The zero-order valence-corrected chi connectivity index (χ0v) is 29.0. The molecular weight excluding hydrogens is 682 g/mol. The summed E-state index contributed by atoms with van der Waals surface area (Å²) < 4.78 is 79.2. The van der Waals surface area contributed by atoms with E-state index < -0.39 is 31.1 Å². The lowest BCUT2D eigenvalue weighted by Gasteiger charge is -2.20. The number of nitrogens with one attached hydrogen (secondary N) is 3. The Labute approximate surface area is 286 Å². The van der Waals surface area contributed by atoms with E-state index in [4.69, 9.17) is 23.6 Å². The van der Waals surface area contributed by atoms with E-state index in [1.165, 1.54) is 27.3 Å². The SMILES string of the molecule is CCOP(=O)(Cc1ccc(Nc2ncc(C(F)(F)F)c(Nc3ccc(-c4cnn(CCCO)c4)c(OC)c3C(=O)NC)n2)c(OC)c1)OCC. The maximum absolute atomic E-state index is 14.2. The number of anilines is 4. The van der Waals surface area contributed by atoms with Gasteiger partial charge in [0.05, 0.1) is 51.2 Å². The largest absolute Gasteiger partial charge is 0.495 e. The summed E-state index contributed by atoms with van der Waals surface area (Å²) in [6.45, 7) is 4.22. The van der Waals surface area contributed by atoms with Crippen LogP contribution in [0.1, 0.15) is 41.8 Å². The molecule has 4 N–H and O–H groups in total. The summed E-state index contributed by atoms with van der Waals surface area (Å²) in [5.74, 6) is -1.15. The molecule has 0 saturated heterocycles. The summed E-state index contributed by atoms with van der Waals surface area (Å²) in [5, 5.41) is 21.5. The average molecular weight is 722 g/mol. The monoisotopic (exact) mass is 721 g/mol. The van der Waals surface area contributed by atoms with Crippen LogP contribution in [0.2, 0.25) is 0 Å². The Morgan fingerprint density at radius 3 is 2.36 bits per heavy atom. The number of benzene rings is 2. The maximum Gasteiger partial charge on any atom is 0.421 e. The van der Waals surface area contributed by atoms with Crippen molar-refractivity contribution in [2.24, 2.45) is 0 Å². The van der Waals surface area contributed by atoms with Crippen LogP contribution in [-0.2, 0) is 32.5 Å². The second-order valence-electron chi connectivity index (χ2n) is 10.6. The van der Waals surface area contributed by atoms with Crippen molar-refractivity contribution in [1.82, 2.24) is 25.1 Å². The third-order valence-electron chi connectivity index (χ3n) is 7.19. The molecule has 4 rings (SSSR count). The Hall–Kier alpha value is -4.70. The molecule has 50 heavy (non-hydrogen) atoms. The fourth-order valence-corrected chi connectivity index (χ4v) is 6.70. The number of aromatic nitrogens is 4. The fraction of sp³-hybridized carbons (Fsp3) is 0.375. The zero-order chi connectivity index (χ0) is 36.5.